The van der Waals surface area contributed by atoms with Gasteiger partial charge < -0.3 is 20.4 Å². The van der Waals surface area contributed by atoms with Gasteiger partial charge in [0.2, 0.25) is 11.8 Å². The molecule has 0 bridgehead atoms. The lowest BCUT2D eigenvalue weighted by molar-refractivity contribution is -0.140. The Labute approximate surface area is 184 Å². The minimum atomic E-state index is -0.869. The van der Waals surface area contributed by atoms with E-state index >= 15 is 0 Å². The molecule has 1 aromatic heterocycles. The van der Waals surface area contributed by atoms with Crippen molar-refractivity contribution >= 4 is 17.5 Å². The van der Waals surface area contributed by atoms with E-state index in [1.807, 2.05) is 4.90 Å². The molecule has 8 nitrogen and oxygen atoms in total. The number of rotatable bonds is 7. The minimum absolute atomic E-state index is 0.0413. The molecule has 1 aliphatic heterocycles. The summed E-state index contributed by atoms with van der Waals surface area (Å²) in [6, 6.07) is 0.0499. The highest BCUT2D eigenvalue weighted by atomic mass is 16.3. The van der Waals surface area contributed by atoms with E-state index in [4.69, 9.17) is 0 Å². The van der Waals surface area contributed by atoms with Gasteiger partial charge in [-0.15, -0.1) is 0 Å². The summed E-state index contributed by atoms with van der Waals surface area (Å²) in [7, 11) is 0. The lowest BCUT2D eigenvalue weighted by Gasteiger charge is -2.37. The number of piperidine rings is 1. The van der Waals surface area contributed by atoms with E-state index in [-0.39, 0.29) is 30.7 Å². The fourth-order valence-electron chi connectivity index (χ4n) is 5.57. The zero-order valence-electron chi connectivity index (χ0n) is 18.4. The van der Waals surface area contributed by atoms with Gasteiger partial charge in [-0.05, 0) is 44.9 Å². The van der Waals surface area contributed by atoms with Gasteiger partial charge in [0.1, 0.15) is 0 Å². The van der Waals surface area contributed by atoms with Crippen molar-refractivity contribution in [3.05, 3.63) is 12.4 Å². The van der Waals surface area contributed by atoms with Crippen LogP contribution >= 0.6 is 0 Å². The maximum atomic E-state index is 13.0. The summed E-state index contributed by atoms with van der Waals surface area (Å²) in [5.41, 5.74) is -1.08. The third-order valence-electron chi connectivity index (χ3n) is 7.30. The first kappa shape index (κ1) is 22.3. The molecule has 1 saturated heterocycles. The molecule has 31 heavy (non-hydrogen) atoms. The number of likely N-dealkylation sites (tertiary alicyclic amines) is 1. The molecule has 0 radical (unpaired) electrons. The van der Waals surface area contributed by atoms with Crippen LogP contribution in [-0.4, -0.2) is 60.5 Å². The molecule has 1 unspecified atom stereocenters. The van der Waals surface area contributed by atoms with E-state index in [1.165, 1.54) is 0 Å². The molecule has 172 valence electrons. The predicted octanol–water partition coefficient (Wildman–Crippen LogP) is 2.59. The van der Waals surface area contributed by atoms with Gasteiger partial charge in [-0.1, -0.05) is 25.7 Å². The highest BCUT2D eigenvalue weighted by Crippen LogP contribution is 2.34. The Morgan fingerprint density at radius 2 is 1.65 bits per heavy atom. The van der Waals surface area contributed by atoms with Gasteiger partial charge in [-0.3, -0.25) is 14.3 Å². The first-order chi connectivity index (χ1) is 14.8. The molecular weight excluding hydrogens is 396 g/mol. The highest BCUT2D eigenvalue weighted by molar-refractivity contribution is 5.91. The molecule has 0 aromatic carbocycles. The molecule has 2 aliphatic carbocycles. The summed E-state index contributed by atoms with van der Waals surface area (Å²) >= 11 is 0. The Bertz CT molecular complexity index is 780. The number of carbonyl (C=O) groups excluding carboxylic acids is 2. The van der Waals surface area contributed by atoms with Gasteiger partial charge in [0.05, 0.1) is 48.5 Å². The van der Waals surface area contributed by atoms with Crippen LogP contribution in [0.25, 0.3) is 0 Å². The van der Waals surface area contributed by atoms with Gasteiger partial charge in [-0.2, -0.15) is 5.10 Å². The molecule has 4 rings (SSSR count). The van der Waals surface area contributed by atoms with Crippen LogP contribution in [0.4, 0.5) is 5.69 Å². The third kappa shape index (κ3) is 5.66. The van der Waals surface area contributed by atoms with Crippen molar-refractivity contribution in [2.45, 2.75) is 107 Å². The fraction of sp³-hybridized carbons (Fsp3) is 0.783. The summed E-state index contributed by atoms with van der Waals surface area (Å²) in [6.45, 7) is 1.30. The molecule has 2 heterocycles. The molecule has 1 atom stereocenters. The molecule has 0 spiro atoms. The van der Waals surface area contributed by atoms with Crippen LogP contribution in [0.3, 0.4) is 0 Å². The average molecular weight is 433 g/mol. The standard InChI is InChI=1S/C23H36N4O4/c28-20(13-22(30)8-2-3-9-22)25-18-15-24-26(16-18)17-19-7-1-6-12-27(19)21(29)14-23(31)10-4-5-11-23/h15-16,19,30-31H,1-14,17H2,(H,25,28). The number of aliphatic hydroxyl groups is 2. The van der Waals surface area contributed by atoms with Gasteiger partial charge >= 0.3 is 0 Å². The van der Waals surface area contributed by atoms with Crippen LogP contribution < -0.4 is 5.32 Å². The van der Waals surface area contributed by atoms with Crippen LogP contribution in [0.1, 0.15) is 83.5 Å². The van der Waals surface area contributed by atoms with Crippen LogP contribution in [0.15, 0.2) is 12.4 Å². The van der Waals surface area contributed by atoms with Crippen molar-refractivity contribution < 1.29 is 19.8 Å². The van der Waals surface area contributed by atoms with E-state index in [0.29, 0.717) is 37.9 Å². The first-order valence-corrected chi connectivity index (χ1v) is 11.9. The second kappa shape index (κ2) is 9.28. The van der Waals surface area contributed by atoms with E-state index in [1.54, 1.807) is 17.1 Å². The normalized spacial score (nSPS) is 25.0. The Kier molecular flexibility index (Phi) is 6.67. The summed E-state index contributed by atoms with van der Waals surface area (Å²) < 4.78 is 1.78. The van der Waals surface area contributed by atoms with Gasteiger partial charge in [0.15, 0.2) is 0 Å². The van der Waals surface area contributed by atoms with Crippen LogP contribution in [0.2, 0.25) is 0 Å². The molecule has 8 heteroatoms. The number of nitrogens with zero attached hydrogens (tertiary/aromatic N) is 3. The predicted molar refractivity (Wildman–Crippen MR) is 116 cm³/mol. The number of nitrogens with one attached hydrogen (secondary N) is 1. The number of carbonyl (C=O) groups is 2. The van der Waals surface area contributed by atoms with Gasteiger partial charge in [0, 0.05) is 12.7 Å². The lowest BCUT2D eigenvalue weighted by atomic mass is 9.95. The second-order valence-electron chi connectivity index (χ2n) is 9.95. The molecule has 3 aliphatic rings. The largest absolute Gasteiger partial charge is 0.389 e. The van der Waals surface area contributed by atoms with Crippen molar-refractivity contribution in [2.75, 3.05) is 11.9 Å². The molecule has 1 aromatic rings. The van der Waals surface area contributed by atoms with Crippen LogP contribution in [-0.2, 0) is 16.1 Å². The fourth-order valence-corrected chi connectivity index (χ4v) is 5.57. The quantitative estimate of drug-likeness (QED) is 0.614. The Morgan fingerprint density at radius 3 is 2.32 bits per heavy atom. The maximum Gasteiger partial charge on any atom is 0.227 e. The topological polar surface area (TPSA) is 108 Å². The Balaban J connectivity index is 1.32. The van der Waals surface area contributed by atoms with E-state index in [2.05, 4.69) is 10.4 Å². The maximum absolute atomic E-state index is 13.0. The minimum Gasteiger partial charge on any atom is -0.389 e. The number of hydrogen-bond donors (Lipinski definition) is 3. The SMILES string of the molecule is O=C(CC1(O)CCCC1)Nc1cnn(CC2CCCCN2C(=O)CC2(O)CCCC2)c1. The van der Waals surface area contributed by atoms with Gasteiger partial charge in [-0.25, -0.2) is 0 Å². The lowest BCUT2D eigenvalue weighted by Crippen LogP contribution is -2.48. The van der Waals surface area contributed by atoms with E-state index < -0.39 is 11.2 Å². The Hall–Kier alpha value is -1.93. The molecule has 3 N–H and O–H groups in total. The number of hydrogen-bond acceptors (Lipinski definition) is 5. The molecule has 2 amide bonds. The van der Waals surface area contributed by atoms with E-state index in [9.17, 15) is 19.8 Å². The van der Waals surface area contributed by atoms with Crippen molar-refractivity contribution in [2.24, 2.45) is 0 Å². The molecular formula is C23H36N4O4. The average Bonchev–Trinajstić information content (AvgIpc) is 3.45. The highest BCUT2D eigenvalue weighted by Gasteiger charge is 2.37. The van der Waals surface area contributed by atoms with Crippen molar-refractivity contribution in [3.8, 4) is 0 Å². The zero-order valence-corrected chi connectivity index (χ0v) is 18.4. The van der Waals surface area contributed by atoms with Crippen molar-refractivity contribution in [1.82, 2.24) is 14.7 Å². The second-order valence-corrected chi connectivity index (χ2v) is 9.95. The smallest absolute Gasteiger partial charge is 0.227 e. The first-order valence-electron chi connectivity index (χ1n) is 11.9. The van der Waals surface area contributed by atoms with Gasteiger partial charge in [0.25, 0.3) is 0 Å². The van der Waals surface area contributed by atoms with E-state index in [0.717, 1.165) is 51.5 Å². The van der Waals surface area contributed by atoms with Crippen molar-refractivity contribution in [1.29, 1.82) is 0 Å². The molecule has 2 saturated carbocycles. The summed E-state index contributed by atoms with van der Waals surface area (Å²) in [4.78, 5) is 27.2. The third-order valence-corrected chi connectivity index (χ3v) is 7.30. The molecule has 3 fully saturated rings. The van der Waals surface area contributed by atoms with Crippen LogP contribution in [0.5, 0.6) is 0 Å². The number of amides is 2. The van der Waals surface area contributed by atoms with Crippen LogP contribution in [0, 0.1) is 0 Å². The Morgan fingerprint density at radius 1 is 1.00 bits per heavy atom. The monoisotopic (exact) mass is 432 g/mol. The zero-order chi connectivity index (χ0) is 21.9. The summed E-state index contributed by atoms with van der Waals surface area (Å²) in [6.07, 6.45) is 13.4. The number of aromatic nitrogens is 2. The number of anilines is 1. The summed E-state index contributed by atoms with van der Waals surface area (Å²) in [5.74, 6) is -0.150. The van der Waals surface area contributed by atoms with Crippen molar-refractivity contribution in [3.63, 3.8) is 0 Å². The summed E-state index contributed by atoms with van der Waals surface area (Å²) in [5, 5.41) is 28.3.